The monoisotopic (exact) mass is 369 g/mol. The number of carbonyl (C=O) groups is 2. The van der Waals surface area contributed by atoms with Gasteiger partial charge in [0, 0.05) is 55.1 Å². The summed E-state index contributed by atoms with van der Waals surface area (Å²) in [4.78, 5) is 34.5. The Hall–Kier alpha value is -2.74. The molecule has 1 aromatic carbocycles. The highest BCUT2D eigenvalue weighted by Gasteiger charge is 2.25. The zero-order valence-corrected chi connectivity index (χ0v) is 15.3. The normalized spacial score (nSPS) is 23.1. The summed E-state index contributed by atoms with van der Waals surface area (Å²) in [5.41, 5.74) is 2.04. The van der Waals surface area contributed by atoms with Crippen LogP contribution in [0.4, 0.5) is 5.69 Å². The van der Waals surface area contributed by atoms with E-state index in [0.29, 0.717) is 30.1 Å². The molecule has 2 unspecified atom stereocenters. The number of amides is 1. The molecule has 8 heteroatoms. The van der Waals surface area contributed by atoms with Gasteiger partial charge in [-0.1, -0.05) is 0 Å². The Morgan fingerprint density at radius 3 is 3.00 bits per heavy atom. The zero-order valence-electron chi connectivity index (χ0n) is 15.3. The van der Waals surface area contributed by atoms with Crippen molar-refractivity contribution >= 4 is 28.8 Å². The second-order valence-electron chi connectivity index (χ2n) is 7.05. The first-order valence-electron chi connectivity index (χ1n) is 9.33. The third kappa shape index (κ3) is 3.57. The average molecular weight is 369 g/mol. The Morgan fingerprint density at radius 1 is 1.33 bits per heavy atom. The summed E-state index contributed by atoms with van der Waals surface area (Å²) in [6, 6.07) is 4.23. The molecule has 27 heavy (non-hydrogen) atoms. The van der Waals surface area contributed by atoms with Crippen LogP contribution >= 0.6 is 0 Å². The van der Waals surface area contributed by atoms with Crippen molar-refractivity contribution in [2.24, 2.45) is 0 Å². The molecule has 3 heterocycles. The van der Waals surface area contributed by atoms with Gasteiger partial charge in [0.2, 0.25) is 0 Å². The van der Waals surface area contributed by atoms with Gasteiger partial charge in [0.05, 0.1) is 5.52 Å². The molecule has 0 spiro atoms. The third-order valence-electron chi connectivity index (χ3n) is 5.06. The van der Waals surface area contributed by atoms with Crippen molar-refractivity contribution in [3.05, 3.63) is 23.9 Å². The van der Waals surface area contributed by atoms with E-state index in [9.17, 15) is 9.59 Å². The lowest BCUT2D eigenvalue weighted by Crippen LogP contribution is -2.49. The van der Waals surface area contributed by atoms with E-state index in [-0.39, 0.29) is 11.9 Å². The molecule has 0 aliphatic carbocycles. The Balaban J connectivity index is 1.69. The number of piperidine rings is 1. The molecule has 2 aliphatic heterocycles. The van der Waals surface area contributed by atoms with Crippen molar-refractivity contribution in [2.75, 3.05) is 31.1 Å². The molecule has 0 radical (unpaired) electrons. The first-order valence-corrected chi connectivity index (χ1v) is 9.33. The SMILES string of the molecule is CC1CN(c2ccc(C=O)c3nc(OC4CCCNC4=O)ncc23)CCN1. The molecule has 8 nitrogen and oxygen atoms in total. The minimum Gasteiger partial charge on any atom is -0.450 e. The van der Waals surface area contributed by atoms with Crippen LogP contribution in [0.5, 0.6) is 6.01 Å². The largest absolute Gasteiger partial charge is 0.450 e. The van der Waals surface area contributed by atoms with Gasteiger partial charge in [0.1, 0.15) is 0 Å². The maximum Gasteiger partial charge on any atom is 0.317 e. The minimum atomic E-state index is -0.590. The van der Waals surface area contributed by atoms with Crippen molar-refractivity contribution in [1.82, 2.24) is 20.6 Å². The van der Waals surface area contributed by atoms with Gasteiger partial charge >= 0.3 is 6.01 Å². The van der Waals surface area contributed by atoms with Crippen molar-refractivity contribution in [2.45, 2.75) is 31.9 Å². The smallest absolute Gasteiger partial charge is 0.317 e. The van der Waals surface area contributed by atoms with Gasteiger partial charge in [-0.25, -0.2) is 4.98 Å². The molecule has 142 valence electrons. The number of fused-ring (bicyclic) bond motifs is 1. The van der Waals surface area contributed by atoms with Gasteiger partial charge < -0.3 is 20.3 Å². The summed E-state index contributed by atoms with van der Waals surface area (Å²) in [6.07, 6.45) is 3.37. The van der Waals surface area contributed by atoms with Crippen LogP contribution in [0.25, 0.3) is 10.9 Å². The number of aromatic nitrogens is 2. The van der Waals surface area contributed by atoms with Crippen LogP contribution in [0.2, 0.25) is 0 Å². The maximum atomic E-state index is 11.9. The molecule has 4 rings (SSSR count). The van der Waals surface area contributed by atoms with Gasteiger partial charge in [-0.2, -0.15) is 4.98 Å². The highest BCUT2D eigenvalue weighted by molar-refractivity contribution is 6.01. The van der Waals surface area contributed by atoms with Gasteiger partial charge in [-0.05, 0) is 31.9 Å². The van der Waals surface area contributed by atoms with Crippen LogP contribution in [0, 0.1) is 0 Å². The summed E-state index contributed by atoms with van der Waals surface area (Å²) in [5.74, 6) is -0.149. The Kier molecular flexibility index (Phi) is 4.89. The van der Waals surface area contributed by atoms with E-state index in [1.807, 2.05) is 6.07 Å². The van der Waals surface area contributed by atoms with Gasteiger partial charge in [-0.3, -0.25) is 9.59 Å². The molecule has 0 bridgehead atoms. The fourth-order valence-corrected chi connectivity index (χ4v) is 3.67. The second-order valence-corrected chi connectivity index (χ2v) is 7.05. The zero-order chi connectivity index (χ0) is 18.8. The van der Waals surface area contributed by atoms with Crippen molar-refractivity contribution < 1.29 is 14.3 Å². The Bertz CT molecular complexity index is 872. The standard InChI is InChI=1S/C19H23N5O3/c1-12-10-24(8-7-20-12)15-5-4-13(11-25)17-14(15)9-22-19(23-17)27-16-3-2-6-21-18(16)26/h4-5,9,11-12,16,20H,2-3,6-8,10H2,1H3,(H,21,26). The summed E-state index contributed by atoms with van der Waals surface area (Å²) in [7, 11) is 0. The highest BCUT2D eigenvalue weighted by atomic mass is 16.5. The lowest BCUT2D eigenvalue weighted by Gasteiger charge is -2.34. The molecule has 2 aromatic rings. The number of carbonyl (C=O) groups excluding carboxylic acids is 2. The van der Waals surface area contributed by atoms with Crippen LogP contribution in [-0.4, -0.2) is 60.5 Å². The Labute approximate surface area is 157 Å². The quantitative estimate of drug-likeness (QED) is 0.773. The molecule has 0 saturated carbocycles. The maximum absolute atomic E-state index is 11.9. The van der Waals surface area contributed by atoms with Crippen molar-refractivity contribution in [3.8, 4) is 6.01 Å². The average Bonchev–Trinajstić information content (AvgIpc) is 2.69. The van der Waals surface area contributed by atoms with Crippen LogP contribution in [0.1, 0.15) is 30.1 Å². The molecule has 2 saturated heterocycles. The number of rotatable bonds is 4. The number of hydrogen-bond acceptors (Lipinski definition) is 7. The number of anilines is 1. The number of aldehydes is 1. The molecule has 2 aliphatic rings. The van der Waals surface area contributed by atoms with Crippen molar-refractivity contribution in [1.29, 1.82) is 0 Å². The van der Waals surface area contributed by atoms with E-state index in [4.69, 9.17) is 4.74 Å². The molecule has 1 amide bonds. The molecular formula is C19H23N5O3. The summed E-state index contributed by atoms with van der Waals surface area (Å²) < 4.78 is 5.70. The summed E-state index contributed by atoms with van der Waals surface area (Å²) in [6.45, 7) is 5.46. The van der Waals surface area contributed by atoms with E-state index in [1.165, 1.54) is 0 Å². The third-order valence-corrected chi connectivity index (χ3v) is 5.06. The molecule has 2 fully saturated rings. The van der Waals surface area contributed by atoms with Crippen molar-refractivity contribution in [3.63, 3.8) is 0 Å². The number of benzene rings is 1. The lowest BCUT2D eigenvalue weighted by atomic mass is 10.1. The predicted octanol–water partition coefficient (Wildman–Crippen LogP) is 0.898. The highest BCUT2D eigenvalue weighted by Crippen LogP contribution is 2.29. The number of nitrogens with one attached hydrogen (secondary N) is 2. The first kappa shape index (κ1) is 17.7. The fourth-order valence-electron chi connectivity index (χ4n) is 3.67. The van der Waals surface area contributed by atoms with Gasteiger partial charge in [-0.15, -0.1) is 0 Å². The lowest BCUT2D eigenvalue weighted by molar-refractivity contribution is -0.130. The molecule has 1 aromatic heterocycles. The minimum absolute atomic E-state index is 0.124. The van der Waals surface area contributed by atoms with E-state index in [1.54, 1.807) is 12.3 Å². The summed E-state index contributed by atoms with van der Waals surface area (Å²) in [5, 5.41) is 7.02. The van der Waals surface area contributed by atoms with Crippen LogP contribution < -0.4 is 20.3 Å². The van der Waals surface area contributed by atoms with E-state index in [2.05, 4.69) is 32.4 Å². The first-order chi connectivity index (χ1) is 13.2. The van der Waals surface area contributed by atoms with Gasteiger partial charge in [0.25, 0.3) is 5.91 Å². The van der Waals surface area contributed by atoms with E-state index < -0.39 is 6.10 Å². The number of ether oxygens (including phenoxy) is 1. The topological polar surface area (TPSA) is 96.5 Å². The summed E-state index contributed by atoms with van der Waals surface area (Å²) >= 11 is 0. The number of piperazine rings is 1. The molecule has 2 atom stereocenters. The predicted molar refractivity (Wildman–Crippen MR) is 101 cm³/mol. The molecular weight excluding hydrogens is 346 g/mol. The van der Waals surface area contributed by atoms with Crippen LogP contribution in [-0.2, 0) is 4.79 Å². The van der Waals surface area contributed by atoms with Crippen LogP contribution in [0.3, 0.4) is 0 Å². The molecule has 2 N–H and O–H groups in total. The van der Waals surface area contributed by atoms with E-state index >= 15 is 0 Å². The van der Waals surface area contributed by atoms with Gasteiger partial charge in [0.15, 0.2) is 12.4 Å². The Morgan fingerprint density at radius 2 is 2.22 bits per heavy atom. The fraction of sp³-hybridized carbons (Fsp3) is 0.474. The number of hydrogen-bond donors (Lipinski definition) is 2. The van der Waals surface area contributed by atoms with Crippen LogP contribution in [0.15, 0.2) is 18.3 Å². The second kappa shape index (κ2) is 7.48. The van der Waals surface area contributed by atoms with E-state index in [0.717, 1.165) is 43.4 Å². The number of nitrogens with zero attached hydrogens (tertiary/aromatic N) is 3.